The summed E-state index contributed by atoms with van der Waals surface area (Å²) in [4.78, 5) is 14.8. The molecule has 4 heterocycles. The van der Waals surface area contributed by atoms with Gasteiger partial charge >= 0.3 is 0 Å². The zero-order chi connectivity index (χ0) is 19.3. The molecule has 0 aliphatic carbocycles. The van der Waals surface area contributed by atoms with Crippen LogP contribution in [0.3, 0.4) is 0 Å². The smallest absolute Gasteiger partial charge is 0.166 e. The van der Waals surface area contributed by atoms with Crippen LogP contribution in [0.5, 0.6) is 0 Å². The number of rotatable bonds is 2. The molecule has 1 aliphatic rings. The maximum Gasteiger partial charge on any atom is 0.166 e. The number of pyridine rings is 1. The lowest BCUT2D eigenvalue weighted by Gasteiger charge is -2.22. The lowest BCUT2D eigenvalue weighted by Crippen LogP contribution is -2.29. The Labute approximate surface area is 169 Å². The Hall–Kier alpha value is -2.37. The van der Waals surface area contributed by atoms with Crippen LogP contribution in [0, 0.1) is 0 Å². The van der Waals surface area contributed by atoms with E-state index in [0.29, 0.717) is 0 Å². The lowest BCUT2D eigenvalue weighted by atomic mass is 10.2. The number of aryl methyl sites for hydroxylation is 1. The van der Waals surface area contributed by atoms with E-state index in [1.165, 1.54) is 0 Å². The number of benzene rings is 1. The second-order valence-electron chi connectivity index (χ2n) is 7.64. The monoisotopic (exact) mass is 393 g/mol. The summed E-state index contributed by atoms with van der Waals surface area (Å²) in [5, 5.41) is 1.88. The molecule has 1 fully saturated rings. The quantitative estimate of drug-likeness (QED) is 0.506. The van der Waals surface area contributed by atoms with Crippen molar-refractivity contribution in [1.82, 2.24) is 19.3 Å². The van der Waals surface area contributed by atoms with Gasteiger partial charge in [0.1, 0.15) is 11.3 Å². The number of nitrogens with zero attached hydrogens (tertiary/aromatic N) is 5. The third kappa shape index (κ3) is 2.90. The van der Waals surface area contributed by atoms with Crippen LogP contribution in [0.25, 0.3) is 27.6 Å². The SMILES string of the molecule is CCc1nc2ccc(N3CCCN(C)CC3)nc2n2c1cc1cc(Cl)ccc12. The van der Waals surface area contributed by atoms with Gasteiger partial charge in [-0.25, -0.2) is 9.97 Å². The van der Waals surface area contributed by atoms with Crippen LogP contribution in [-0.2, 0) is 6.42 Å². The molecule has 0 bridgehead atoms. The first-order valence-corrected chi connectivity index (χ1v) is 10.4. The Kier molecular flexibility index (Phi) is 4.37. The van der Waals surface area contributed by atoms with Gasteiger partial charge in [0, 0.05) is 30.0 Å². The van der Waals surface area contributed by atoms with Crippen LogP contribution in [0.1, 0.15) is 19.0 Å². The molecule has 1 aliphatic heterocycles. The van der Waals surface area contributed by atoms with Gasteiger partial charge in [0.15, 0.2) is 5.65 Å². The van der Waals surface area contributed by atoms with Crippen molar-refractivity contribution in [3.8, 4) is 0 Å². The highest BCUT2D eigenvalue weighted by Gasteiger charge is 2.17. The molecule has 0 atom stereocenters. The molecule has 144 valence electrons. The minimum Gasteiger partial charge on any atom is -0.355 e. The van der Waals surface area contributed by atoms with Crippen molar-refractivity contribution in [3.63, 3.8) is 0 Å². The molecule has 0 spiro atoms. The summed E-state index contributed by atoms with van der Waals surface area (Å²) in [7, 11) is 2.19. The minimum atomic E-state index is 0.751. The van der Waals surface area contributed by atoms with Crippen LogP contribution in [0.2, 0.25) is 5.02 Å². The van der Waals surface area contributed by atoms with Crippen LogP contribution in [-0.4, -0.2) is 52.5 Å². The second kappa shape index (κ2) is 6.90. The summed E-state index contributed by atoms with van der Waals surface area (Å²) in [5.74, 6) is 1.03. The second-order valence-corrected chi connectivity index (χ2v) is 8.07. The molecule has 0 unspecified atom stereocenters. The summed E-state index contributed by atoms with van der Waals surface area (Å²) < 4.78 is 2.25. The average molecular weight is 394 g/mol. The normalized spacial score (nSPS) is 16.3. The van der Waals surface area contributed by atoms with Crippen molar-refractivity contribution in [2.75, 3.05) is 38.1 Å². The molecule has 28 heavy (non-hydrogen) atoms. The van der Waals surface area contributed by atoms with Gasteiger partial charge in [-0.3, -0.25) is 4.40 Å². The fourth-order valence-corrected chi connectivity index (χ4v) is 4.40. The standard InChI is InChI=1S/C22H24ClN5/c1-3-17-20-14-15-13-16(23)5-7-19(15)28(20)22-18(24-17)6-8-21(25-22)27-10-4-9-26(2)11-12-27/h5-8,13-14H,3-4,9-12H2,1-2H3. The largest absolute Gasteiger partial charge is 0.355 e. The zero-order valence-corrected chi connectivity index (χ0v) is 17.1. The topological polar surface area (TPSA) is 36.7 Å². The van der Waals surface area contributed by atoms with Gasteiger partial charge < -0.3 is 9.80 Å². The molecule has 1 saturated heterocycles. The van der Waals surface area contributed by atoms with E-state index in [-0.39, 0.29) is 0 Å². The Morgan fingerprint density at radius 1 is 0.964 bits per heavy atom. The first-order valence-electron chi connectivity index (χ1n) is 9.98. The highest BCUT2D eigenvalue weighted by atomic mass is 35.5. The molecule has 3 aromatic heterocycles. The average Bonchev–Trinajstić information content (AvgIpc) is 2.94. The van der Waals surface area contributed by atoms with Gasteiger partial charge in [-0.2, -0.15) is 0 Å². The number of aromatic nitrogens is 3. The van der Waals surface area contributed by atoms with E-state index < -0.39 is 0 Å². The molecule has 4 aromatic rings. The Morgan fingerprint density at radius 3 is 2.71 bits per heavy atom. The van der Waals surface area contributed by atoms with Crippen LogP contribution >= 0.6 is 11.6 Å². The third-order valence-electron chi connectivity index (χ3n) is 5.74. The summed E-state index contributed by atoms with van der Waals surface area (Å²) in [6.07, 6.45) is 2.04. The van der Waals surface area contributed by atoms with E-state index in [2.05, 4.69) is 52.4 Å². The maximum atomic E-state index is 6.24. The van der Waals surface area contributed by atoms with Gasteiger partial charge in [-0.05, 0) is 62.8 Å². The third-order valence-corrected chi connectivity index (χ3v) is 5.98. The molecule has 1 aromatic carbocycles. The molecule has 0 radical (unpaired) electrons. The van der Waals surface area contributed by atoms with E-state index in [1.54, 1.807) is 0 Å². The number of fused-ring (bicyclic) bond motifs is 5. The van der Waals surface area contributed by atoms with Crippen LogP contribution in [0.15, 0.2) is 36.4 Å². The molecular weight excluding hydrogens is 370 g/mol. The first kappa shape index (κ1) is 17.7. The van der Waals surface area contributed by atoms with Crippen molar-refractivity contribution in [2.45, 2.75) is 19.8 Å². The molecule has 0 saturated carbocycles. The van der Waals surface area contributed by atoms with Crippen LogP contribution < -0.4 is 4.90 Å². The van der Waals surface area contributed by atoms with Gasteiger partial charge in [0.25, 0.3) is 0 Å². The summed E-state index contributed by atoms with van der Waals surface area (Å²) in [5.41, 5.74) is 5.19. The van der Waals surface area contributed by atoms with Crippen molar-refractivity contribution < 1.29 is 0 Å². The number of hydrogen-bond donors (Lipinski definition) is 0. The number of anilines is 1. The zero-order valence-electron chi connectivity index (χ0n) is 16.3. The summed E-state index contributed by atoms with van der Waals surface area (Å²) in [6.45, 7) is 6.38. The van der Waals surface area contributed by atoms with E-state index in [1.807, 2.05) is 12.1 Å². The first-order chi connectivity index (χ1) is 13.6. The van der Waals surface area contributed by atoms with Crippen molar-refractivity contribution in [3.05, 3.63) is 47.1 Å². The molecule has 0 amide bonds. The molecular formula is C22H24ClN5. The van der Waals surface area contributed by atoms with Gasteiger partial charge in [0.2, 0.25) is 0 Å². The highest BCUT2D eigenvalue weighted by Crippen LogP contribution is 2.29. The lowest BCUT2D eigenvalue weighted by molar-refractivity contribution is 0.360. The number of halogens is 1. The van der Waals surface area contributed by atoms with E-state index in [0.717, 1.165) is 83.1 Å². The Morgan fingerprint density at radius 2 is 1.86 bits per heavy atom. The van der Waals surface area contributed by atoms with Crippen molar-refractivity contribution in [1.29, 1.82) is 0 Å². The van der Waals surface area contributed by atoms with Gasteiger partial charge in [-0.15, -0.1) is 0 Å². The van der Waals surface area contributed by atoms with Gasteiger partial charge in [-0.1, -0.05) is 18.5 Å². The highest BCUT2D eigenvalue weighted by molar-refractivity contribution is 6.31. The summed E-state index contributed by atoms with van der Waals surface area (Å²) >= 11 is 6.24. The van der Waals surface area contributed by atoms with E-state index in [9.17, 15) is 0 Å². The molecule has 5 rings (SSSR count). The fourth-order valence-electron chi connectivity index (χ4n) is 4.22. The Bertz CT molecular complexity index is 1180. The van der Waals surface area contributed by atoms with Gasteiger partial charge in [0.05, 0.1) is 16.7 Å². The van der Waals surface area contributed by atoms with Crippen molar-refractivity contribution in [2.24, 2.45) is 0 Å². The maximum absolute atomic E-state index is 6.24. The fraction of sp³-hybridized carbons (Fsp3) is 0.364. The van der Waals surface area contributed by atoms with E-state index >= 15 is 0 Å². The molecule has 6 heteroatoms. The van der Waals surface area contributed by atoms with Crippen molar-refractivity contribution >= 4 is 45.0 Å². The number of hydrogen-bond acceptors (Lipinski definition) is 4. The predicted molar refractivity (Wildman–Crippen MR) is 117 cm³/mol. The Balaban J connectivity index is 1.75. The number of likely N-dealkylation sites (N-methyl/N-ethyl adjacent to an activating group) is 1. The minimum absolute atomic E-state index is 0.751. The van der Waals surface area contributed by atoms with E-state index in [4.69, 9.17) is 21.6 Å². The summed E-state index contributed by atoms with van der Waals surface area (Å²) in [6, 6.07) is 12.5. The molecule has 0 N–H and O–H groups in total. The molecule has 5 nitrogen and oxygen atoms in total. The predicted octanol–water partition coefficient (Wildman–Crippen LogP) is 4.39. The van der Waals surface area contributed by atoms with Crippen LogP contribution in [0.4, 0.5) is 5.82 Å².